The van der Waals surface area contributed by atoms with E-state index in [4.69, 9.17) is 5.73 Å². The second-order valence-electron chi connectivity index (χ2n) is 5.98. The number of rotatable bonds is 3. The summed E-state index contributed by atoms with van der Waals surface area (Å²) in [6.45, 7) is 10.1. The van der Waals surface area contributed by atoms with Crippen molar-refractivity contribution in [3.63, 3.8) is 0 Å². The zero-order chi connectivity index (χ0) is 13.1. The summed E-state index contributed by atoms with van der Waals surface area (Å²) in [5.74, 6) is 1.36. The summed E-state index contributed by atoms with van der Waals surface area (Å²) >= 11 is 1.72. The van der Waals surface area contributed by atoms with E-state index in [0.29, 0.717) is 24.3 Å². The van der Waals surface area contributed by atoms with Gasteiger partial charge in [0.15, 0.2) is 0 Å². The van der Waals surface area contributed by atoms with E-state index < -0.39 is 0 Å². The van der Waals surface area contributed by atoms with Crippen LogP contribution < -0.4 is 5.73 Å². The van der Waals surface area contributed by atoms with E-state index in [1.807, 2.05) is 4.90 Å². The van der Waals surface area contributed by atoms with Gasteiger partial charge in [0.1, 0.15) is 0 Å². The standard InChI is InChI=1S/C13H26N2OS/c1-10-5-6-11(7-14)8-15(10)12(16)9-17-13(2,3)4/h10-11H,5-9,14H2,1-4H3. The van der Waals surface area contributed by atoms with Gasteiger partial charge in [0.25, 0.3) is 0 Å². The number of nitrogens with two attached hydrogens (primary N) is 1. The fourth-order valence-corrected chi connectivity index (χ4v) is 2.81. The molecule has 100 valence electrons. The molecule has 0 spiro atoms. The normalized spacial score (nSPS) is 26.1. The van der Waals surface area contributed by atoms with Crippen LogP contribution in [0.2, 0.25) is 0 Å². The first kappa shape index (κ1) is 14.8. The fourth-order valence-electron chi connectivity index (χ4n) is 2.08. The number of hydrogen-bond acceptors (Lipinski definition) is 3. The highest BCUT2D eigenvalue weighted by atomic mass is 32.2. The lowest BCUT2D eigenvalue weighted by atomic mass is 9.93. The molecule has 0 saturated carbocycles. The smallest absolute Gasteiger partial charge is 0.232 e. The van der Waals surface area contributed by atoms with Crippen molar-refractivity contribution in [1.82, 2.24) is 4.90 Å². The van der Waals surface area contributed by atoms with Crippen LogP contribution in [0.1, 0.15) is 40.5 Å². The molecule has 3 nitrogen and oxygen atoms in total. The van der Waals surface area contributed by atoms with Crippen LogP contribution in [0.3, 0.4) is 0 Å². The van der Waals surface area contributed by atoms with Crippen LogP contribution in [0.5, 0.6) is 0 Å². The Balaban J connectivity index is 2.49. The van der Waals surface area contributed by atoms with Gasteiger partial charge in [0.05, 0.1) is 5.75 Å². The van der Waals surface area contributed by atoms with Gasteiger partial charge in [-0.05, 0) is 32.2 Å². The Morgan fingerprint density at radius 3 is 2.59 bits per heavy atom. The van der Waals surface area contributed by atoms with Crippen LogP contribution in [0, 0.1) is 5.92 Å². The molecule has 0 bridgehead atoms. The van der Waals surface area contributed by atoms with E-state index in [2.05, 4.69) is 27.7 Å². The molecule has 2 atom stereocenters. The number of carbonyl (C=O) groups is 1. The average Bonchev–Trinajstić information content (AvgIpc) is 2.25. The molecule has 0 aromatic carbocycles. The Hall–Kier alpha value is -0.220. The molecule has 0 aromatic rings. The summed E-state index contributed by atoms with van der Waals surface area (Å²) in [6.07, 6.45) is 2.25. The maximum Gasteiger partial charge on any atom is 0.232 e. The number of nitrogens with zero attached hydrogens (tertiary/aromatic N) is 1. The Bertz CT molecular complexity index is 263. The van der Waals surface area contributed by atoms with Crippen LogP contribution in [0.25, 0.3) is 0 Å². The predicted molar refractivity (Wildman–Crippen MR) is 75.2 cm³/mol. The van der Waals surface area contributed by atoms with Gasteiger partial charge in [0.2, 0.25) is 5.91 Å². The molecule has 1 rings (SSSR count). The second kappa shape index (κ2) is 6.10. The maximum atomic E-state index is 12.2. The van der Waals surface area contributed by atoms with Gasteiger partial charge in [-0.25, -0.2) is 0 Å². The topological polar surface area (TPSA) is 46.3 Å². The predicted octanol–water partition coefficient (Wildman–Crippen LogP) is 2.10. The lowest BCUT2D eigenvalue weighted by molar-refractivity contribution is -0.132. The van der Waals surface area contributed by atoms with Crippen LogP contribution >= 0.6 is 11.8 Å². The third-order valence-corrected chi connectivity index (χ3v) is 4.52. The molecule has 0 aromatic heterocycles. The lowest BCUT2D eigenvalue weighted by Crippen LogP contribution is -2.48. The minimum atomic E-state index is 0.155. The summed E-state index contributed by atoms with van der Waals surface area (Å²) in [4.78, 5) is 14.2. The van der Waals surface area contributed by atoms with Crippen LogP contribution in [-0.2, 0) is 4.79 Å². The van der Waals surface area contributed by atoms with E-state index in [0.717, 1.165) is 19.4 Å². The van der Waals surface area contributed by atoms with Crippen LogP contribution in [0.15, 0.2) is 0 Å². The van der Waals surface area contributed by atoms with Crippen molar-refractivity contribution in [3.8, 4) is 0 Å². The molecule has 1 amide bonds. The molecule has 2 unspecified atom stereocenters. The Morgan fingerprint density at radius 1 is 1.41 bits per heavy atom. The summed E-state index contributed by atoms with van der Waals surface area (Å²) in [5, 5.41) is 0. The fraction of sp³-hybridized carbons (Fsp3) is 0.923. The van der Waals surface area contributed by atoms with Gasteiger partial charge in [0, 0.05) is 17.3 Å². The van der Waals surface area contributed by atoms with Gasteiger partial charge in [-0.15, -0.1) is 11.8 Å². The minimum Gasteiger partial charge on any atom is -0.339 e. The molecule has 17 heavy (non-hydrogen) atoms. The van der Waals surface area contributed by atoms with Crippen molar-refractivity contribution < 1.29 is 4.79 Å². The van der Waals surface area contributed by atoms with Crippen molar-refractivity contribution in [1.29, 1.82) is 0 Å². The minimum absolute atomic E-state index is 0.155. The zero-order valence-electron chi connectivity index (χ0n) is 11.5. The summed E-state index contributed by atoms with van der Waals surface area (Å²) in [5.41, 5.74) is 5.71. The van der Waals surface area contributed by atoms with Gasteiger partial charge >= 0.3 is 0 Å². The number of likely N-dealkylation sites (tertiary alicyclic amines) is 1. The van der Waals surface area contributed by atoms with Crippen molar-refractivity contribution in [3.05, 3.63) is 0 Å². The molecule has 1 aliphatic heterocycles. The maximum absolute atomic E-state index is 12.2. The van der Waals surface area contributed by atoms with Crippen LogP contribution in [-0.4, -0.2) is 40.4 Å². The monoisotopic (exact) mass is 258 g/mol. The molecule has 1 fully saturated rings. The van der Waals surface area contributed by atoms with Crippen LogP contribution in [0.4, 0.5) is 0 Å². The summed E-state index contributed by atoms with van der Waals surface area (Å²) in [6, 6.07) is 0.380. The first-order valence-electron chi connectivity index (χ1n) is 6.47. The van der Waals surface area contributed by atoms with E-state index in [1.54, 1.807) is 11.8 Å². The van der Waals surface area contributed by atoms with E-state index in [9.17, 15) is 4.79 Å². The lowest BCUT2D eigenvalue weighted by Gasteiger charge is -2.38. The largest absolute Gasteiger partial charge is 0.339 e. The number of hydrogen-bond donors (Lipinski definition) is 1. The highest BCUT2D eigenvalue weighted by molar-refractivity contribution is 8.01. The Morgan fingerprint density at radius 2 is 2.06 bits per heavy atom. The van der Waals surface area contributed by atoms with E-state index in [1.165, 1.54) is 0 Å². The third kappa shape index (κ3) is 4.88. The van der Waals surface area contributed by atoms with Crippen molar-refractivity contribution in [2.24, 2.45) is 11.7 Å². The first-order valence-corrected chi connectivity index (χ1v) is 7.45. The summed E-state index contributed by atoms with van der Waals surface area (Å²) in [7, 11) is 0. The molecule has 0 aliphatic carbocycles. The Labute approximate surface area is 109 Å². The highest BCUT2D eigenvalue weighted by Crippen LogP contribution is 2.26. The SMILES string of the molecule is CC1CCC(CN)CN1C(=O)CSC(C)(C)C. The summed E-state index contributed by atoms with van der Waals surface area (Å²) < 4.78 is 0.155. The molecule has 0 radical (unpaired) electrons. The molecular weight excluding hydrogens is 232 g/mol. The second-order valence-corrected chi connectivity index (χ2v) is 7.78. The molecule has 1 aliphatic rings. The van der Waals surface area contributed by atoms with Gasteiger partial charge in [-0.3, -0.25) is 4.79 Å². The number of amides is 1. The molecule has 1 saturated heterocycles. The van der Waals surface area contributed by atoms with Gasteiger partial charge in [-0.2, -0.15) is 0 Å². The molecule has 1 heterocycles. The average molecular weight is 258 g/mol. The molecular formula is C13H26N2OS. The number of thioether (sulfide) groups is 1. The number of carbonyl (C=O) groups excluding carboxylic acids is 1. The van der Waals surface area contributed by atoms with Crippen molar-refractivity contribution in [2.45, 2.75) is 51.3 Å². The van der Waals surface area contributed by atoms with E-state index >= 15 is 0 Å². The third-order valence-electron chi connectivity index (χ3n) is 3.26. The van der Waals surface area contributed by atoms with Crippen molar-refractivity contribution in [2.75, 3.05) is 18.8 Å². The quantitative estimate of drug-likeness (QED) is 0.843. The zero-order valence-corrected chi connectivity index (χ0v) is 12.3. The van der Waals surface area contributed by atoms with Gasteiger partial charge in [-0.1, -0.05) is 20.8 Å². The molecule has 4 heteroatoms. The first-order chi connectivity index (χ1) is 7.83. The highest BCUT2D eigenvalue weighted by Gasteiger charge is 2.28. The van der Waals surface area contributed by atoms with Gasteiger partial charge < -0.3 is 10.6 Å². The van der Waals surface area contributed by atoms with Crippen molar-refractivity contribution >= 4 is 17.7 Å². The Kier molecular flexibility index (Phi) is 5.32. The number of piperidine rings is 1. The molecule has 2 N–H and O–H groups in total. The van der Waals surface area contributed by atoms with E-state index in [-0.39, 0.29) is 10.7 Å².